The molecule has 0 aliphatic carbocycles. The van der Waals surface area contributed by atoms with Crippen molar-refractivity contribution in [3.63, 3.8) is 0 Å². The molecule has 2 aliphatic rings. The van der Waals surface area contributed by atoms with Gasteiger partial charge in [0.15, 0.2) is 6.61 Å². The van der Waals surface area contributed by atoms with Gasteiger partial charge in [-0.15, -0.1) is 0 Å². The van der Waals surface area contributed by atoms with Crippen molar-refractivity contribution in [3.05, 3.63) is 54.7 Å². The number of rotatable bonds is 12. The van der Waals surface area contributed by atoms with Gasteiger partial charge in [-0.25, -0.2) is 12.7 Å². The number of carbonyl (C=O) groups excluding carboxylic acids is 1. The van der Waals surface area contributed by atoms with Gasteiger partial charge < -0.3 is 25.6 Å². The van der Waals surface area contributed by atoms with Gasteiger partial charge in [0, 0.05) is 66.5 Å². The smallest absolute Gasteiger partial charge is 0.257 e. The number of piperazine rings is 1. The molecule has 10 nitrogen and oxygen atoms in total. The van der Waals surface area contributed by atoms with Crippen molar-refractivity contribution in [2.75, 3.05) is 92.1 Å². The van der Waals surface area contributed by atoms with Gasteiger partial charge in [-0.1, -0.05) is 31.4 Å². The number of benzene rings is 1. The normalized spacial score (nSPS) is 16.9. The fourth-order valence-electron chi connectivity index (χ4n) is 4.56. The number of carbonyl (C=O) groups is 1. The summed E-state index contributed by atoms with van der Waals surface area (Å²) in [6.07, 6.45) is 5.56. The number of likely N-dealkylation sites (N-methyl/N-ethyl adjacent to an activating group) is 1. The summed E-state index contributed by atoms with van der Waals surface area (Å²) in [6, 6.07) is 5.19. The van der Waals surface area contributed by atoms with Gasteiger partial charge in [-0.05, 0) is 50.2 Å². The lowest BCUT2D eigenvalue weighted by molar-refractivity contribution is -0.123. The molecule has 1 saturated heterocycles. The maximum absolute atomic E-state index is 13.3. The second kappa shape index (κ2) is 15.8. The molecular formula is C28H46N6O4S. The van der Waals surface area contributed by atoms with Crippen molar-refractivity contribution in [2.24, 2.45) is 5.73 Å². The molecule has 0 bridgehead atoms. The number of nitrogens with zero attached hydrogens (tertiary/aromatic N) is 4. The molecule has 0 radical (unpaired) electrons. The Balaban J connectivity index is 0.00000260. The first-order valence-electron chi connectivity index (χ1n) is 13.3. The monoisotopic (exact) mass is 562 g/mol. The number of hydrogen-bond donors (Lipinski definition) is 2. The summed E-state index contributed by atoms with van der Waals surface area (Å²) >= 11 is 0. The Hall–Kier alpha value is -2.70. The second-order valence-electron chi connectivity index (χ2n) is 9.66. The van der Waals surface area contributed by atoms with Crippen LogP contribution in [0.4, 0.5) is 5.69 Å². The minimum atomic E-state index is -3.80. The van der Waals surface area contributed by atoms with Gasteiger partial charge >= 0.3 is 0 Å². The van der Waals surface area contributed by atoms with Crippen LogP contribution in [0.5, 0.6) is 5.75 Å². The van der Waals surface area contributed by atoms with Crippen LogP contribution in [0.1, 0.15) is 12.8 Å². The summed E-state index contributed by atoms with van der Waals surface area (Å²) in [5.74, 6) is -0.0900. The van der Waals surface area contributed by atoms with E-state index in [9.17, 15) is 13.2 Å². The molecule has 2 aliphatic heterocycles. The lowest BCUT2D eigenvalue weighted by Crippen LogP contribution is -2.45. The minimum absolute atomic E-state index is 0.104. The number of nitrogens with one attached hydrogen (secondary N) is 1. The molecule has 3 N–H and O–H groups in total. The number of amides is 1. The molecular weight excluding hydrogens is 516 g/mol. The summed E-state index contributed by atoms with van der Waals surface area (Å²) in [6.45, 7) is 13.8. The molecule has 2 heterocycles. The van der Waals surface area contributed by atoms with Gasteiger partial charge in [0.25, 0.3) is 5.91 Å². The van der Waals surface area contributed by atoms with Crippen LogP contribution < -0.4 is 20.7 Å². The van der Waals surface area contributed by atoms with Gasteiger partial charge in [0.05, 0.1) is 5.69 Å². The lowest BCUT2D eigenvalue weighted by atomic mass is 10.00. The van der Waals surface area contributed by atoms with Crippen LogP contribution in [0.15, 0.2) is 59.6 Å². The lowest BCUT2D eigenvalue weighted by Gasteiger charge is -2.35. The molecule has 3 rings (SSSR count). The topological polar surface area (TPSA) is 111 Å². The van der Waals surface area contributed by atoms with Gasteiger partial charge in [-0.3, -0.25) is 9.69 Å². The molecule has 218 valence electrons. The predicted octanol–water partition coefficient (Wildman–Crippen LogP) is 1.52. The van der Waals surface area contributed by atoms with Crippen LogP contribution in [-0.4, -0.2) is 116 Å². The van der Waals surface area contributed by atoms with Crippen LogP contribution in [0.3, 0.4) is 0 Å². The van der Waals surface area contributed by atoms with Crippen LogP contribution in [-0.2, 0) is 14.8 Å². The zero-order chi connectivity index (χ0) is 29.0. The summed E-state index contributed by atoms with van der Waals surface area (Å²) in [5, 5.41) is 2.89. The maximum atomic E-state index is 13.3. The summed E-state index contributed by atoms with van der Waals surface area (Å²) in [5.41, 5.74) is 7.57. The van der Waals surface area contributed by atoms with E-state index in [0.717, 1.165) is 45.6 Å². The zero-order valence-electron chi connectivity index (χ0n) is 24.0. The van der Waals surface area contributed by atoms with Crippen molar-refractivity contribution in [2.45, 2.75) is 17.7 Å². The highest BCUT2D eigenvalue weighted by atomic mass is 32.2. The second-order valence-corrected chi connectivity index (χ2v) is 11.7. The van der Waals surface area contributed by atoms with E-state index in [-0.39, 0.29) is 23.2 Å². The first-order valence-corrected chi connectivity index (χ1v) is 14.8. The van der Waals surface area contributed by atoms with Gasteiger partial charge in [0.2, 0.25) is 10.0 Å². The molecule has 1 amide bonds. The third-order valence-corrected chi connectivity index (χ3v) is 8.76. The third-order valence-electron chi connectivity index (χ3n) is 6.87. The summed E-state index contributed by atoms with van der Waals surface area (Å²) in [4.78, 5) is 19.2. The summed E-state index contributed by atoms with van der Waals surface area (Å²) < 4.78 is 33.5. The van der Waals surface area contributed by atoms with E-state index in [1.807, 2.05) is 19.2 Å². The molecule has 1 aromatic carbocycles. The summed E-state index contributed by atoms with van der Waals surface area (Å²) in [7, 11) is 2.76. The number of ether oxygens (including phenoxy) is 1. The zero-order valence-corrected chi connectivity index (χ0v) is 24.8. The van der Waals surface area contributed by atoms with Crippen molar-refractivity contribution in [1.82, 2.24) is 19.4 Å². The average molecular weight is 563 g/mol. The van der Waals surface area contributed by atoms with Crippen LogP contribution in [0, 0.1) is 0 Å². The number of sulfonamides is 1. The first kappa shape index (κ1) is 32.5. The van der Waals surface area contributed by atoms with E-state index < -0.39 is 10.0 Å². The van der Waals surface area contributed by atoms with Crippen molar-refractivity contribution in [3.8, 4) is 5.75 Å². The number of anilines is 1. The van der Waals surface area contributed by atoms with E-state index in [0.29, 0.717) is 25.3 Å². The van der Waals surface area contributed by atoms with Gasteiger partial charge in [0.1, 0.15) is 10.6 Å². The third kappa shape index (κ3) is 8.91. The van der Waals surface area contributed by atoms with Crippen molar-refractivity contribution < 1.29 is 17.9 Å². The molecule has 0 spiro atoms. The number of allylic oxidation sites excluding steroid dienone is 1. The van der Waals surface area contributed by atoms with E-state index in [1.165, 1.54) is 36.6 Å². The highest BCUT2D eigenvalue weighted by Crippen LogP contribution is 2.36. The van der Waals surface area contributed by atoms with E-state index >= 15 is 0 Å². The average Bonchev–Trinajstić information content (AvgIpc) is 2.95. The van der Waals surface area contributed by atoms with Crippen molar-refractivity contribution >= 4 is 21.6 Å². The van der Waals surface area contributed by atoms with Crippen LogP contribution in [0.25, 0.3) is 0 Å². The molecule has 0 atom stereocenters. The molecule has 1 aromatic rings. The van der Waals surface area contributed by atoms with E-state index in [1.54, 1.807) is 18.2 Å². The Morgan fingerprint density at radius 1 is 1.10 bits per heavy atom. The molecule has 1 fully saturated rings. The number of nitrogens with two attached hydrogens (primary N) is 1. The minimum Gasteiger partial charge on any atom is -0.482 e. The van der Waals surface area contributed by atoms with Crippen LogP contribution >= 0.6 is 0 Å². The van der Waals surface area contributed by atoms with E-state index in [2.05, 4.69) is 38.9 Å². The SMILES string of the molecule is C=CC1=C(C=C)CN(CCCNC(=O)COc2cccc(N3CCN(C)CC3)c2S(=O)(=O)N(C)C)CC1.CN. The molecule has 0 aromatic heterocycles. The highest BCUT2D eigenvalue weighted by molar-refractivity contribution is 7.89. The van der Waals surface area contributed by atoms with Crippen molar-refractivity contribution in [1.29, 1.82) is 0 Å². The molecule has 0 unspecified atom stereocenters. The Morgan fingerprint density at radius 2 is 1.77 bits per heavy atom. The Morgan fingerprint density at radius 3 is 2.38 bits per heavy atom. The Labute approximate surface area is 234 Å². The molecule has 11 heteroatoms. The fourth-order valence-corrected chi connectivity index (χ4v) is 5.77. The van der Waals surface area contributed by atoms with Crippen LogP contribution in [0.2, 0.25) is 0 Å². The quantitative estimate of drug-likeness (QED) is 0.369. The fraction of sp³-hybridized carbons (Fsp3) is 0.536. The first-order chi connectivity index (χ1) is 18.7. The Kier molecular flexibility index (Phi) is 13.2. The number of hydrogen-bond acceptors (Lipinski definition) is 8. The standard InChI is InChI=1S/C27H41N5O4S.CH5N/c1-6-22-12-15-31(20-23(22)7-2)14-9-13-28-26(33)21-36-25-11-8-10-24(27(25)37(34,35)29(3)4)32-18-16-30(5)17-19-32;1-2/h6-8,10-11H,1-2,9,12-21H2,3-5H3,(H,28,33);2H2,1H3. The molecule has 39 heavy (non-hydrogen) atoms. The Bertz CT molecular complexity index is 1110. The maximum Gasteiger partial charge on any atom is 0.257 e. The van der Waals surface area contributed by atoms with Gasteiger partial charge in [-0.2, -0.15) is 0 Å². The predicted molar refractivity (Wildman–Crippen MR) is 159 cm³/mol. The van der Waals surface area contributed by atoms with E-state index in [4.69, 9.17) is 4.74 Å². The molecule has 0 saturated carbocycles. The highest BCUT2D eigenvalue weighted by Gasteiger charge is 2.30. The largest absolute Gasteiger partial charge is 0.482 e.